The summed E-state index contributed by atoms with van der Waals surface area (Å²) in [5, 5.41) is 10.9. The number of nitro groups is 1. The van der Waals surface area contributed by atoms with E-state index in [0.717, 1.165) is 6.08 Å². The molecule has 1 aromatic carbocycles. The average Bonchev–Trinajstić information content (AvgIpc) is 2.14. The van der Waals surface area contributed by atoms with E-state index in [0.29, 0.717) is 5.41 Å². The topological polar surface area (TPSA) is 100 Å². The van der Waals surface area contributed by atoms with Crippen LogP contribution in [0.25, 0.3) is 6.08 Å². The van der Waals surface area contributed by atoms with E-state index in [1.807, 2.05) is 0 Å². The molecule has 0 N–H and O–H groups in total. The predicted molar refractivity (Wildman–Crippen MR) is 51.8 cm³/mol. The van der Waals surface area contributed by atoms with Crippen LogP contribution < -0.4 is 29.6 Å². The van der Waals surface area contributed by atoms with Crippen LogP contribution in [0.5, 0.6) is 0 Å². The van der Waals surface area contributed by atoms with Crippen molar-refractivity contribution in [1.82, 2.24) is 0 Å². The summed E-state index contributed by atoms with van der Waals surface area (Å²) in [6.07, 6.45) is 0.903. The summed E-state index contributed by atoms with van der Waals surface area (Å²) < 4.78 is 30.8. The molecular formula is C8H6NNaO5S. The molecule has 0 radical (unpaired) electrons. The van der Waals surface area contributed by atoms with E-state index in [1.165, 1.54) is 24.3 Å². The molecule has 0 saturated carbocycles. The van der Waals surface area contributed by atoms with Crippen LogP contribution >= 0.6 is 0 Å². The third kappa shape index (κ3) is 4.86. The van der Waals surface area contributed by atoms with Crippen LogP contribution in [0, 0.1) is 10.1 Å². The van der Waals surface area contributed by atoms with Gasteiger partial charge in [0.05, 0.1) is 10.5 Å². The summed E-state index contributed by atoms with van der Waals surface area (Å²) in [5.74, 6) is 0. The summed E-state index contributed by atoms with van der Waals surface area (Å²) in [7, 11) is -4.52. The standard InChI is InChI=1S/C8H7NO5S.Na/c10-9(11)8-4-2-1-3-7(8)5-6-15(12,13)14;/h1-6H,(H,12,13,14);/q;+1/p-1/b6-5+;. The molecule has 1 rings (SSSR count). The Kier molecular flexibility index (Phi) is 5.84. The van der Waals surface area contributed by atoms with E-state index < -0.39 is 15.0 Å². The Morgan fingerprint density at radius 3 is 2.31 bits per heavy atom. The zero-order valence-corrected chi connectivity index (χ0v) is 11.2. The van der Waals surface area contributed by atoms with Gasteiger partial charge in [-0.05, 0) is 12.1 Å². The summed E-state index contributed by atoms with van der Waals surface area (Å²) in [6.45, 7) is 0. The fourth-order valence-electron chi connectivity index (χ4n) is 0.951. The van der Waals surface area contributed by atoms with Gasteiger partial charge < -0.3 is 4.55 Å². The van der Waals surface area contributed by atoms with E-state index in [2.05, 4.69) is 0 Å². The molecule has 0 aliphatic rings. The fourth-order valence-corrected chi connectivity index (χ4v) is 1.26. The van der Waals surface area contributed by atoms with Crippen LogP contribution in [-0.2, 0) is 10.1 Å². The van der Waals surface area contributed by atoms with Gasteiger partial charge in [0, 0.05) is 11.5 Å². The molecule has 0 amide bonds. The first-order valence-electron chi connectivity index (χ1n) is 3.77. The van der Waals surface area contributed by atoms with Crippen LogP contribution in [0.2, 0.25) is 0 Å². The Bertz CT molecular complexity index is 511. The Morgan fingerprint density at radius 2 is 1.81 bits per heavy atom. The molecule has 0 fully saturated rings. The van der Waals surface area contributed by atoms with Gasteiger partial charge in [-0.3, -0.25) is 10.1 Å². The molecule has 0 bridgehead atoms. The molecule has 0 unspecified atom stereocenters. The smallest absolute Gasteiger partial charge is 0.744 e. The Labute approximate surface area is 114 Å². The fraction of sp³-hybridized carbons (Fsp3) is 0. The van der Waals surface area contributed by atoms with E-state index in [4.69, 9.17) is 0 Å². The van der Waals surface area contributed by atoms with Crippen molar-refractivity contribution >= 4 is 21.9 Å². The molecule has 0 saturated heterocycles. The molecule has 0 atom stereocenters. The van der Waals surface area contributed by atoms with Gasteiger partial charge in [-0.15, -0.1) is 0 Å². The summed E-state index contributed by atoms with van der Waals surface area (Å²) in [4.78, 5) is 9.83. The molecule has 1 aromatic rings. The van der Waals surface area contributed by atoms with Gasteiger partial charge in [-0.2, -0.15) is 0 Å². The number of nitro benzene ring substituents is 1. The van der Waals surface area contributed by atoms with Crippen molar-refractivity contribution < 1.29 is 47.5 Å². The molecule has 0 spiro atoms. The summed E-state index contributed by atoms with van der Waals surface area (Å²) in [5.41, 5.74) is -0.181. The maximum Gasteiger partial charge on any atom is 1.00 e. The van der Waals surface area contributed by atoms with E-state index in [-0.39, 0.29) is 40.8 Å². The van der Waals surface area contributed by atoms with Crippen molar-refractivity contribution in [2.75, 3.05) is 0 Å². The van der Waals surface area contributed by atoms with Crippen molar-refractivity contribution in [3.05, 3.63) is 45.4 Å². The molecule has 16 heavy (non-hydrogen) atoms. The average molecular weight is 251 g/mol. The normalized spacial score (nSPS) is 11.1. The molecule has 80 valence electrons. The molecule has 6 nitrogen and oxygen atoms in total. The zero-order valence-electron chi connectivity index (χ0n) is 8.36. The number of nitrogens with zero attached hydrogens (tertiary/aromatic N) is 1. The molecule has 8 heteroatoms. The van der Waals surface area contributed by atoms with Crippen LogP contribution in [0.1, 0.15) is 5.56 Å². The summed E-state index contributed by atoms with van der Waals surface area (Å²) >= 11 is 0. The van der Waals surface area contributed by atoms with Gasteiger partial charge in [0.1, 0.15) is 10.1 Å². The molecule has 0 aliphatic carbocycles. The Morgan fingerprint density at radius 1 is 1.25 bits per heavy atom. The number of benzene rings is 1. The minimum atomic E-state index is -4.52. The van der Waals surface area contributed by atoms with E-state index in [9.17, 15) is 23.1 Å². The minimum absolute atomic E-state index is 0. The van der Waals surface area contributed by atoms with Crippen molar-refractivity contribution in [3.8, 4) is 0 Å². The molecule has 0 heterocycles. The molecule has 0 aliphatic heterocycles. The largest absolute Gasteiger partial charge is 1.00 e. The Hall–Kier alpha value is -0.730. The SMILES string of the molecule is O=[N+]([O-])c1ccccc1/C=C/S(=O)(=O)[O-].[Na+]. The first-order chi connectivity index (χ1) is 6.90. The quantitative estimate of drug-likeness (QED) is 0.271. The van der Waals surface area contributed by atoms with E-state index in [1.54, 1.807) is 0 Å². The van der Waals surface area contributed by atoms with Crippen molar-refractivity contribution in [2.45, 2.75) is 0 Å². The monoisotopic (exact) mass is 251 g/mol. The van der Waals surface area contributed by atoms with Crippen molar-refractivity contribution in [3.63, 3.8) is 0 Å². The minimum Gasteiger partial charge on any atom is -0.744 e. The van der Waals surface area contributed by atoms with Crippen molar-refractivity contribution in [2.24, 2.45) is 0 Å². The second-order valence-electron chi connectivity index (χ2n) is 2.61. The maximum absolute atomic E-state index is 10.5. The first kappa shape index (κ1) is 15.3. The van der Waals surface area contributed by atoms with E-state index >= 15 is 0 Å². The van der Waals surface area contributed by atoms with Crippen LogP contribution in [-0.4, -0.2) is 17.9 Å². The van der Waals surface area contributed by atoms with Gasteiger partial charge in [0.25, 0.3) is 5.69 Å². The van der Waals surface area contributed by atoms with Gasteiger partial charge in [-0.1, -0.05) is 12.1 Å². The van der Waals surface area contributed by atoms with Gasteiger partial charge in [0.2, 0.25) is 0 Å². The number of para-hydroxylation sites is 1. The van der Waals surface area contributed by atoms with Gasteiger partial charge in [-0.25, -0.2) is 8.42 Å². The summed E-state index contributed by atoms with van der Waals surface area (Å²) in [6, 6.07) is 5.52. The predicted octanol–water partition coefficient (Wildman–Crippen LogP) is -1.89. The second kappa shape index (κ2) is 6.12. The number of hydrogen-bond acceptors (Lipinski definition) is 5. The zero-order chi connectivity index (χ0) is 11.5. The van der Waals surface area contributed by atoms with Gasteiger partial charge in [0.15, 0.2) is 0 Å². The molecular weight excluding hydrogens is 245 g/mol. The second-order valence-corrected chi connectivity index (χ2v) is 3.87. The number of hydrogen-bond donors (Lipinski definition) is 0. The van der Waals surface area contributed by atoms with Crippen LogP contribution in [0.15, 0.2) is 29.7 Å². The molecule has 0 aromatic heterocycles. The van der Waals surface area contributed by atoms with Crippen LogP contribution in [0.3, 0.4) is 0 Å². The maximum atomic E-state index is 10.5. The van der Waals surface area contributed by atoms with Crippen molar-refractivity contribution in [1.29, 1.82) is 0 Å². The van der Waals surface area contributed by atoms with Crippen LogP contribution in [0.4, 0.5) is 5.69 Å². The first-order valence-corrected chi connectivity index (χ1v) is 5.25. The third-order valence-electron chi connectivity index (χ3n) is 1.55. The Balaban J connectivity index is 0.00000225. The number of rotatable bonds is 3. The third-order valence-corrected chi connectivity index (χ3v) is 2.02. The van der Waals surface area contributed by atoms with Gasteiger partial charge >= 0.3 is 29.6 Å².